The Labute approximate surface area is 518 Å². The lowest BCUT2D eigenvalue weighted by Crippen LogP contribution is -2.61. The molecule has 3 N–H and O–H groups in total. The van der Waals surface area contributed by atoms with Crippen molar-refractivity contribution < 1.29 is 58.2 Å². The molecule has 0 amide bonds. The molecule has 6 unspecified atom stereocenters. The van der Waals surface area contributed by atoms with Crippen LogP contribution in [-0.2, 0) is 42.9 Å². The molecular weight excluding hydrogens is 1070 g/mol. The maximum Gasteiger partial charge on any atom is 0.335 e. The van der Waals surface area contributed by atoms with Gasteiger partial charge in [-0.25, -0.2) is 4.79 Å². The molecule has 12 heteroatoms. The summed E-state index contributed by atoms with van der Waals surface area (Å²) in [5.74, 6) is -3.15. The third-order valence-corrected chi connectivity index (χ3v) is 15.5. The van der Waals surface area contributed by atoms with Crippen molar-refractivity contribution in [1.82, 2.24) is 0 Å². The van der Waals surface area contributed by atoms with Crippen LogP contribution in [0.2, 0.25) is 0 Å². The highest BCUT2D eigenvalue weighted by molar-refractivity contribution is 5.74. The SMILES string of the molecule is CC/C=C\C/C=C\C/C=C\C/C=C\C/C=C\CCCCCC(=O)OCC(COC1OC(C(=O)O)C(O)C(O)C1OC(=O)CCCCCCCCC/C=C\C/C=C\CCCCC)OC(=O)CCCCCCCCCCCCCCCCCCCCC. The number of aliphatic hydroxyl groups excluding tert-OH is 2. The average Bonchev–Trinajstić information content (AvgIpc) is 3.46. The molecule has 6 atom stereocenters. The lowest BCUT2D eigenvalue weighted by Gasteiger charge is -2.40. The van der Waals surface area contributed by atoms with E-state index < -0.39 is 67.3 Å². The summed E-state index contributed by atoms with van der Waals surface area (Å²) in [6, 6.07) is 0. The number of aliphatic carboxylic acids is 1. The first kappa shape index (κ1) is 78.9. The lowest BCUT2D eigenvalue weighted by atomic mass is 9.98. The van der Waals surface area contributed by atoms with Gasteiger partial charge >= 0.3 is 23.9 Å². The van der Waals surface area contributed by atoms with Gasteiger partial charge in [-0.15, -0.1) is 0 Å². The number of carboxylic acid groups (broad SMARTS) is 1. The number of allylic oxidation sites excluding steroid dienone is 14. The van der Waals surface area contributed by atoms with Gasteiger partial charge in [-0.05, 0) is 96.3 Å². The van der Waals surface area contributed by atoms with E-state index in [-0.39, 0.29) is 25.9 Å². The molecule has 12 nitrogen and oxygen atoms in total. The minimum atomic E-state index is -1.91. The van der Waals surface area contributed by atoms with E-state index in [1.807, 2.05) is 0 Å². The van der Waals surface area contributed by atoms with Crippen molar-refractivity contribution in [2.24, 2.45) is 0 Å². The molecule has 0 aromatic rings. The molecule has 0 spiro atoms. The molecule has 0 radical (unpaired) electrons. The van der Waals surface area contributed by atoms with Crippen LogP contribution in [0.25, 0.3) is 0 Å². The van der Waals surface area contributed by atoms with Crippen LogP contribution in [0.5, 0.6) is 0 Å². The summed E-state index contributed by atoms with van der Waals surface area (Å²) in [4.78, 5) is 51.5. The molecule has 1 rings (SSSR count). The van der Waals surface area contributed by atoms with Crippen LogP contribution in [0.15, 0.2) is 85.1 Å². The van der Waals surface area contributed by atoms with E-state index in [2.05, 4.69) is 106 Å². The Kier molecular flexibility index (Phi) is 55.9. The van der Waals surface area contributed by atoms with Crippen LogP contribution < -0.4 is 0 Å². The zero-order valence-electron chi connectivity index (χ0n) is 54.1. The Morgan fingerprint density at radius 2 is 0.741 bits per heavy atom. The summed E-state index contributed by atoms with van der Waals surface area (Å²) < 4.78 is 28.6. The second-order valence-corrected chi connectivity index (χ2v) is 23.4. The Bertz CT molecular complexity index is 1800. The normalized spacial score (nSPS) is 18.0. The van der Waals surface area contributed by atoms with Gasteiger partial charge < -0.3 is 39.0 Å². The van der Waals surface area contributed by atoms with Crippen LogP contribution >= 0.6 is 0 Å². The number of rotatable bonds is 59. The molecule has 1 aliphatic rings. The van der Waals surface area contributed by atoms with Crippen LogP contribution in [-0.4, -0.2) is 89.2 Å². The van der Waals surface area contributed by atoms with Gasteiger partial charge in [0.2, 0.25) is 0 Å². The molecule has 0 saturated carbocycles. The van der Waals surface area contributed by atoms with Crippen molar-refractivity contribution in [2.45, 2.75) is 340 Å². The smallest absolute Gasteiger partial charge is 0.335 e. The van der Waals surface area contributed by atoms with E-state index >= 15 is 0 Å². The van der Waals surface area contributed by atoms with E-state index in [0.29, 0.717) is 19.3 Å². The van der Waals surface area contributed by atoms with Gasteiger partial charge in [0.15, 0.2) is 24.6 Å². The average molecular weight is 1190 g/mol. The fraction of sp³-hybridized carbons (Fsp3) is 0.753. The van der Waals surface area contributed by atoms with Crippen LogP contribution in [0.3, 0.4) is 0 Å². The minimum Gasteiger partial charge on any atom is -0.479 e. The van der Waals surface area contributed by atoms with Crippen molar-refractivity contribution in [2.75, 3.05) is 13.2 Å². The summed E-state index contributed by atoms with van der Waals surface area (Å²) >= 11 is 0. The number of carbonyl (C=O) groups excluding carboxylic acids is 3. The summed E-state index contributed by atoms with van der Waals surface area (Å²) in [6.45, 7) is 5.87. The highest BCUT2D eigenvalue weighted by atomic mass is 16.7. The maximum atomic E-state index is 13.2. The fourth-order valence-electron chi connectivity index (χ4n) is 10.2. The fourth-order valence-corrected chi connectivity index (χ4v) is 10.2. The summed E-state index contributed by atoms with van der Waals surface area (Å²) in [6.07, 6.45) is 66.8. The number of ether oxygens (including phenoxy) is 5. The summed E-state index contributed by atoms with van der Waals surface area (Å²) in [5, 5.41) is 31.7. The van der Waals surface area contributed by atoms with Gasteiger partial charge in [0.25, 0.3) is 0 Å². The van der Waals surface area contributed by atoms with Gasteiger partial charge in [-0.3, -0.25) is 14.4 Å². The van der Waals surface area contributed by atoms with Gasteiger partial charge in [-0.1, -0.05) is 273 Å². The molecule has 1 heterocycles. The van der Waals surface area contributed by atoms with E-state index in [1.165, 1.54) is 116 Å². The molecule has 488 valence electrons. The van der Waals surface area contributed by atoms with Crippen molar-refractivity contribution >= 4 is 23.9 Å². The molecular formula is C73H124O12. The van der Waals surface area contributed by atoms with E-state index in [4.69, 9.17) is 23.7 Å². The number of esters is 3. The topological polar surface area (TPSA) is 175 Å². The number of aliphatic hydroxyl groups is 2. The van der Waals surface area contributed by atoms with Crippen molar-refractivity contribution in [3.05, 3.63) is 85.1 Å². The first-order valence-corrected chi connectivity index (χ1v) is 34.6. The number of hydrogen-bond donors (Lipinski definition) is 3. The van der Waals surface area contributed by atoms with E-state index in [1.54, 1.807) is 0 Å². The van der Waals surface area contributed by atoms with Crippen LogP contribution in [0.4, 0.5) is 0 Å². The standard InChI is InChI=1S/C73H124O12/c1-4-7-10-13-16-19-22-25-28-31-33-36-38-41-44-47-50-53-56-59-65(74)81-62-64(83-66(75)60-57-54-51-48-45-42-40-37-34-32-29-26-23-20-17-14-11-8-5-2)63-82-73-71(69(78)68(77)70(85-73)72(79)80)84-67(76)61-58-55-52-49-46-43-39-35-30-27-24-21-18-15-12-9-6-3/h7,10,16,18-19,21,25,27-28,30,33,36,41,44,64,68-71,73,77-78H,4-6,8-9,11-15,17,20,22-24,26,29,31-32,34-35,37-40,42-43,45-63H2,1-3H3,(H,79,80)/b10-7-,19-16-,21-18-,28-25-,30-27-,36-33-,44-41-. The number of unbranched alkanes of at least 4 members (excludes halogenated alkanes) is 31. The summed E-state index contributed by atoms with van der Waals surface area (Å²) in [7, 11) is 0. The Morgan fingerprint density at radius 3 is 1.16 bits per heavy atom. The van der Waals surface area contributed by atoms with Gasteiger partial charge in [-0.2, -0.15) is 0 Å². The molecule has 0 aromatic carbocycles. The summed E-state index contributed by atoms with van der Waals surface area (Å²) in [5.41, 5.74) is 0. The first-order chi connectivity index (χ1) is 41.6. The highest BCUT2D eigenvalue weighted by Gasteiger charge is 2.50. The monoisotopic (exact) mass is 1190 g/mol. The minimum absolute atomic E-state index is 0.0469. The molecule has 0 aromatic heterocycles. The zero-order chi connectivity index (χ0) is 61.7. The maximum absolute atomic E-state index is 13.2. The third-order valence-electron chi connectivity index (χ3n) is 15.5. The van der Waals surface area contributed by atoms with E-state index in [0.717, 1.165) is 128 Å². The molecule has 1 aliphatic heterocycles. The molecule has 1 fully saturated rings. The van der Waals surface area contributed by atoms with Crippen molar-refractivity contribution in [3.63, 3.8) is 0 Å². The quantitative estimate of drug-likeness (QED) is 0.0228. The Balaban J connectivity index is 2.67. The molecule has 0 aliphatic carbocycles. The Hall–Kier alpha value is -4.10. The van der Waals surface area contributed by atoms with Gasteiger partial charge in [0.05, 0.1) is 6.61 Å². The van der Waals surface area contributed by atoms with Crippen LogP contribution in [0, 0.1) is 0 Å². The Morgan fingerprint density at radius 1 is 0.400 bits per heavy atom. The molecule has 0 bridgehead atoms. The van der Waals surface area contributed by atoms with Gasteiger partial charge in [0.1, 0.15) is 18.8 Å². The van der Waals surface area contributed by atoms with Crippen molar-refractivity contribution in [1.29, 1.82) is 0 Å². The van der Waals surface area contributed by atoms with Crippen LogP contribution in [0.1, 0.15) is 303 Å². The molecule has 85 heavy (non-hydrogen) atoms. The van der Waals surface area contributed by atoms with E-state index in [9.17, 15) is 34.5 Å². The lowest BCUT2D eigenvalue weighted by molar-refractivity contribution is -0.301. The van der Waals surface area contributed by atoms with Crippen molar-refractivity contribution in [3.8, 4) is 0 Å². The highest BCUT2D eigenvalue weighted by Crippen LogP contribution is 2.27. The number of carboxylic acids is 1. The zero-order valence-corrected chi connectivity index (χ0v) is 54.1. The van der Waals surface area contributed by atoms with Gasteiger partial charge in [0, 0.05) is 19.3 Å². The predicted molar refractivity (Wildman–Crippen MR) is 349 cm³/mol. The first-order valence-electron chi connectivity index (χ1n) is 34.6. The predicted octanol–water partition coefficient (Wildman–Crippen LogP) is 19.0. The molecule has 1 saturated heterocycles. The largest absolute Gasteiger partial charge is 0.479 e. The third kappa shape index (κ3) is 49.6. The number of carbonyl (C=O) groups is 4. The second kappa shape index (κ2) is 60.2. The number of hydrogen-bond acceptors (Lipinski definition) is 11. The second-order valence-electron chi connectivity index (χ2n) is 23.4.